The zero-order chi connectivity index (χ0) is 38.8. The van der Waals surface area contributed by atoms with Crippen molar-refractivity contribution in [3.05, 3.63) is 93.8 Å². The fraction of sp³-hybridized carbons (Fsp3) is 0.143. The Bertz CT molecular complexity index is 2860. The molecule has 1 heterocycles. The Hall–Kier alpha value is -5.55. The highest BCUT2D eigenvalue weighted by Crippen LogP contribution is 2.49. The molecule has 0 unspecified atom stereocenters. The minimum absolute atomic E-state index is 0.00664. The molecule has 5 aromatic rings. The number of hydrogen-bond acceptors (Lipinski definition) is 11. The van der Waals surface area contributed by atoms with E-state index in [0.717, 1.165) is 18.2 Å². The summed E-state index contributed by atoms with van der Waals surface area (Å²) in [7, 11) is -15.1. The molecule has 1 aromatic heterocycles. The number of nitrogens with one attached hydrogen (secondary N) is 2. The number of aromatic nitrogens is 1. The highest BCUT2D eigenvalue weighted by atomic mass is 32.2. The topological polar surface area (TPSA) is 244 Å². The molecule has 0 fully saturated rings. The number of carbonyl (C=O) groups is 1. The van der Waals surface area contributed by atoms with Gasteiger partial charge in [-0.05, 0) is 53.3 Å². The van der Waals surface area contributed by atoms with Crippen LogP contribution in [0.5, 0.6) is 17.2 Å². The number of H-pyrrole nitrogens is 1. The largest absolute Gasteiger partial charge is 0.454 e. The van der Waals surface area contributed by atoms with Crippen LogP contribution in [-0.4, -0.2) is 49.7 Å². The molecule has 53 heavy (non-hydrogen) atoms. The van der Waals surface area contributed by atoms with Crippen LogP contribution in [0.4, 0.5) is 11.4 Å². The van der Waals surface area contributed by atoms with Crippen molar-refractivity contribution in [2.75, 3.05) is 5.32 Å². The van der Waals surface area contributed by atoms with Crippen LogP contribution in [0.1, 0.15) is 48.7 Å². The molecule has 5 N–H and O–H groups in total. The van der Waals surface area contributed by atoms with E-state index in [2.05, 4.69) is 10.3 Å². The summed E-state index contributed by atoms with van der Waals surface area (Å²) in [5.41, 5.74) is -1.72. The third kappa shape index (κ3) is 6.65. The molecule has 18 heteroatoms. The number of benzene rings is 4. The first-order valence-corrected chi connectivity index (χ1v) is 19.7. The van der Waals surface area contributed by atoms with E-state index < -0.39 is 79.0 Å². The van der Waals surface area contributed by atoms with Crippen molar-refractivity contribution in [2.24, 2.45) is 0 Å². The first kappa shape index (κ1) is 37.2. The molecular formula is C35H28N2O13S3. The predicted octanol–water partition coefficient (Wildman–Crippen LogP) is 5.67. The number of aromatic amines is 1. The maximum atomic E-state index is 14.3. The molecule has 0 saturated heterocycles. The van der Waals surface area contributed by atoms with Gasteiger partial charge < -0.3 is 19.8 Å². The van der Waals surface area contributed by atoms with Gasteiger partial charge in [0.1, 0.15) is 21.6 Å². The Labute approximate surface area is 302 Å². The fourth-order valence-corrected chi connectivity index (χ4v) is 7.85. The Balaban J connectivity index is 1.73. The van der Waals surface area contributed by atoms with E-state index in [1.807, 2.05) is 26.9 Å². The van der Waals surface area contributed by atoms with Crippen LogP contribution < -0.4 is 20.3 Å². The van der Waals surface area contributed by atoms with Gasteiger partial charge in [0.2, 0.25) is 5.75 Å². The van der Waals surface area contributed by atoms with Crippen molar-refractivity contribution in [1.82, 2.24) is 4.98 Å². The van der Waals surface area contributed by atoms with Crippen molar-refractivity contribution >= 4 is 58.4 Å². The van der Waals surface area contributed by atoms with Gasteiger partial charge in [-0.1, -0.05) is 57.5 Å². The Morgan fingerprint density at radius 1 is 0.792 bits per heavy atom. The molecule has 6 rings (SSSR count). The second kappa shape index (κ2) is 12.8. The van der Waals surface area contributed by atoms with E-state index in [0.29, 0.717) is 18.1 Å². The third-order valence-electron chi connectivity index (χ3n) is 8.95. The van der Waals surface area contributed by atoms with Gasteiger partial charge in [-0.2, -0.15) is 25.3 Å². The standard InChI is InChI=1S/C35H28N2O13S3/c1-5-35(3,4)18-11-14-24(27(15-18)53(46,47)48)50-25-17-23(36-22-13-12-19(51(40,41)42)16-26(22)52(43,44)45)29-30-28(20-9-7-8-10-21(20)32(29)38)33(49-6-2)34(39)37-31(25)30/h2,7-17,36H,5H2,1,3-4H3,(H,37,39)(H,40,41,42)(H,43,44,45)(H,46,47,48). The van der Waals surface area contributed by atoms with Gasteiger partial charge in [0.15, 0.2) is 11.5 Å². The predicted molar refractivity (Wildman–Crippen MR) is 192 cm³/mol. The molecule has 0 spiro atoms. The van der Waals surface area contributed by atoms with Crippen LogP contribution in [0.15, 0.2) is 86.2 Å². The Morgan fingerprint density at radius 3 is 2.06 bits per heavy atom. The fourth-order valence-electron chi connectivity index (χ4n) is 5.95. The van der Waals surface area contributed by atoms with Gasteiger partial charge in [-0.25, -0.2) is 0 Å². The SMILES string of the molecule is C#COc1c2c3c(c(Nc4ccc(S(=O)(=O)O)cc4S(=O)(=O)O)cc(Oc4ccc(C(C)(C)CC)cc4S(=O)(=O)O)c3[nH]c1=O)C(=O)c1ccccc1-2. The molecule has 274 valence electrons. The molecule has 1 aliphatic carbocycles. The smallest absolute Gasteiger partial charge is 0.298 e. The summed E-state index contributed by atoms with van der Waals surface area (Å²) >= 11 is 0. The van der Waals surface area contributed by atoms with E-state index in [1.54, 1.807) is 18.2 Å². The lowest BCUT2D eigenvalue weighted by Gasteiger charge is -2.26. The highest BCUT2D eigenvalue weighted by molar-refractivity contribution is 7.87. The molecule has 0 aliphatic heterocycles. The maximum absolute atomic E-state index is 14.3. The Kier molecular flexibility index (Phi) is 9.01. The molecule has 0 bridgehead atoms. The zero-order valence-electron chi connectivity index (χ0n) is 27.8. The average molecular weight is 781 g/mol. The van der Waals surface area contributed by atoms with E-state index in [-0.39, 0.29) is 44.6 Å². The van der Waals surface area contributed by atoms with Gasteiger partial charge in [-0.15, -0.1) is 0 Å². The number of fused-ring (bicyclic) bond motifs is 2. The van der Waals surface area contributed by atoms with Gasteiger partial charge in [0, 0.05) is 22.6 Å². The minimum atomic E-state index is -5.21. The van der Waals surface area contributed by atoms with Crippen LogP contribution in [-0.2, 0) is 35.8 Å². The normalized spacial score (nSPS) is 13.0. The monoisotopic (exact) mass is 780 g/mol. The number of terminal acetylenes is 1. The number of carbonyl (C=O) groups excluding carboxylic acids is 1. The number of hydrogen-bond donors (Lipinski definition) is 5. The number of ether oxygens (including phenoxy) is 2. The van der Waals surface area contributed by atoms with Gasteiger partial charge in [-0.3, -0.25) is 23.2 Å². The van der Waals surface area contributed by atoms with Crippen LogP contribution in [0.2, 0.25) is 0 Å². The van der Waals surface area contributed by atoms with Crippen LogP contribution >= 0.6 is 0 Å². The molecule has 0 saturated carbocycles. The lowest BCUT2D eigenvalue weighted by atomic mass is 9.82. The van der Waals surface area contributed by atoms with Crippen LogP contribution in [0.3, 0.4) is 0 Å². The zero-order valence-corrected chi connectivity index (χ0v) is 30.2. The molecule has 0 atom stereocenters. The molecule has 15 nitrogen and oxygen atoms in total. The quantitative estimate of drug-likeness (QED) is 0.0831. The maximum Gasteiger partial charge on any atom is 0.298 e. The molecular weight excluding hydrogens is 753 g/mol. The molecule has 4 aromatic carbocycles. The van der Waals surface area contributed by atoms with E-state index in [9.17, 15) is 48.5 Å². The molecule has 1 aliphatic rings. The first-order chi connectivity index (χ1) is 24.7. The van der Waals surface area contributed by atoms with Crippen molar-refractivity contribution < 1.29 is 53.2 Å². The van der Waals surface area contributed by atoms with Crippen LogP contribution in [0.25, 0.3) is 22.0 Å². The summed E-state index contributed by atoms with van der Waals surface area (Å²) in [4.78, 5) is 27.9. The van der Waals surface area contributed by atoms with Crippen molar-refractivity contribution in [2.45, 2.75) is 47.3 Å². The average Bonchev–Trinajstić information content (AvgIpc) is 3.07. The first-order valence-electron chi connectivity index (χ1n) is 15.4. The van der Waals surface area contributed by atoms with E-state index in [4.69, 9.17) is 15.9 Å². The number of pyridine rings is 1. The lowest BCUT2D eigenvalue weighted by Crippen LogP contribution is -2.19. The summed E-state index contributed by atoms with van der Waals surface area (Å²) < 4.78 is 115. The van der Waals surface area contributed by atoms with E-state index in [1.165, 1.54) is 24.3 Å². The van der Waals surface area contributed by atoms with Crippen molar-refractivity contribution in [3.8, 4) is 40.9 Å². The number of anilines is 2. The van der Waals surface area contributed by atoms with Gasteiger partial charge in [0.25, 0.3) is 35.9 Å². The summed E-state index contributed by atoms with van der Waals surface area (Å²) in [5, 5.41) is 2.65. The van der Waals surface area contributed by atoms with Crippen molar-refractivity contribution in [1.29, 1.82) is 0 Å². The van der Waals surface area contributed by atoms with E-state index >= 15 is 0 Å². The second-order valence-corrected chi connectivity index (χ2v) is 16.7. The number of rotatable bonds is 10. The summed E-state index contributed by atoms with van der Waals surface area (Å²) in [6.45, 7) is 5.61. The molecule has 0 radical (unpaired) electrons. The summed E-state index contributed by atoms with van der Waals surface area (Å²) in [5.74, 6) is -1.82. The summed E-state index contributed by atoms with van der Waals surface area (Å²) in [6, 6.07) is 13.5. The van der Waals surface area contributed by atoms with Crippen molar-refractivity contribution in [3.63, 3.8) is 0 Å². The Morgan fingerprint density at radius 2 is 1.45 bits per heavy atom. The number of ketones is 1. The third-order valence-corrected chi connectivity index (χ3v) is 11.6. The lowest BCUT2D eigenvalue weighted by molar-refractivity contribution is 0.104. The minimum Gasteiger partial charge on any atom is -0.454 e. The summed E-state index contributed by atoms with van der Waals surface area (Å²) in [6.07, 6.45) is 7.96. The highest BCUT2D eigenvalue weighted by Gasteiger charge is 2.35. The van der Waals surface area contributed by atoms with Gasteiger partial charge >= 0.3 is 0 Å². The van der Waals surface area contributed by atoms with Gasteiger partial charge in [0.05, 0.1) is 27.4 Å². The van der Waals surface area contributed by atoms with Crippen LogP contribution in [0, 0.1) is 12.5 Å². The second-order valence-electron chi connectivity index (χ2n) is 12.5. The molecule has 0 amide bonds.